The minimum Gasteiger partial charge on any atom is -0.477 e. The van der Waals surface area contributed by atoms with Crippen LogP contribution in [0.5, 0.6) is 0 Å². The number of hydrogen-bond donors (Lipinski definition) is 3. The molecule has 0 radical (unpaired) electrons. The molecule has 1 heterocycles. The molecule has 6 nitrogen and oxygen atoms in total. The van der Waals surface area contributed by atoms with Crippen molar-refractivity contribution in [3.63, 3.8) is 0 Å². The summed E-state index contributed by atoms with van der Waals surface area (Å²) in [6, 6.07) is 0. The first kappa shape index (κ1) is 14.2. The van der Waals surface area contributed by atoms with Crippen LogP contribution in [0.4, 0.5) is 5.82 Å². The molecule has 118 valence electrons. The van der Waals surface area contributed by atoms with Gasteiger partial charge in [-0.1, -0.05) is 0 Å². The second-order valence-electron chi connectivity index (χ2n) is 7.30. The molecule has 1 aromatic rings. The maximum atomic E-state index is 11.4. The molecule has 5 rings (SSSR count). The Bertz CT molecular complexity index is 637. The summed E-state index contributed by atoms with van der Waals surface area (Å²) in [6.07, 6.45) is 6.68. The Labute approximate surface area is 132 Å². The molecule has 2 unspecified atom stereocenters. The third kappa shape index (κ3) is 2.25. The molecule has 1 aromatic heterocycles. The van der Waals surface area contributed by atoms with Gasteiger partial charge in [0.1, 0.15) is 11.4 Å². The Morgan fingerprint density at radius 3 is 2.59 bits per heavy atom. The Hall–Kier alpha value is -1.40. The third-order valence-corrected chi connectivity index (χ3v) is 5.59. The van der Waals surface area contributed by atoms with E-state index in [2.05, 4.69) is 15.3 Å². The lowest BCUT2D eigenvalue weighted by atomic mass is 9.51. The van der Waals surface area contributed by atoms with E-state index in [-0.39, 0.29) is 22.2 Å². The fourth-order valence-corrected chi connectivity index (χ4v) is 5.36. The van der Waals surface area contributed by atoms with Gasteiger partial charge in [-0.15, -0.1) is 0 Å². The van der Waals surface area contributed by atoms with Gasteiger partial charge in [0.05, 0.1) is 5.60 Å². The molecule has 0 saturated heterocycles. The minimum atomic E-state index is -1.08. The zero-order valence-electron chi connectivity index (χ0n) is 12.0. The van der Waals surface area contributed by atoms with Gasteiger partial charge >= 0.3 is 5.97 Å². The average Bonchev–Trinajstić information content (AvgIpc) is 2.34. The van der Waals surface area contributed by atoms with Crippen LogP contribution in [0, 0.1) is 11.8 Å². The fraction of sp³-hybridized carbons (Fsp3) is 0.667. The Kier molecular flexibility index (Phi) is 2.94. The first-order valence-electron chi connectivity index (χ1n) is 7.63. The number of aliphatic hydroxyl groups is 1. The van der Waals surface area contributed by atoms with Gasteiger partial charge in [-0.3, -0.25) is 0 Å². The molecule has 0 amide bonds. The quantitative estimate of drug-likeness (QED) is 0.739. The van der Waals surface area contributed by atoms with Crippen LogP contribution in [0.2, 0.25) is 5.28 Å². The van der Waals surface area contributed by atoms with Gasteiger partial charge in [0.15, 0.2) is 0 Å². The predicted octanol–water partition coefficient (Wildman–Crippen LogP) is 2.32. The lowest BCUT2D eigenvalue weighted by molar-refractivity contribution is -0.127. The van der Waals surface area contributed by atoms with E-state index in [1.165, 1.54) is 12.6 Å². The van der Waals surface area contributed by atoms with Gasteiger partial charge in [0.2, 0.25) is 5.28 Å². The lowest BCUT2D eigenvalue weighted by Gasteiger charge is -2.60. The molecule has 7 heteroatoms. The summed E-state index contributed by atoms with van der Waals surface area (Å²) in [5.74, 6) is 0.189. The molecule has 22 heavy (non-hydrogen) atoms. The molecule has 0 spiro atoms. The van der Waals surface area contributed by atoms with Crippen LogP contribution in [0.15, 0.2) is 6.20 Å². The Morgan fingerprint density at radius 2 is 2.00 bits per heavy atom. The van der Waals surface area contributed by atoms with Crippen LogP contribution in [-0.4, -0.2) is 37.3 Å². The van der Waals surface area contributed by atoms with Crippen LogP contribution < -0.4 is 5.32 Å². The number of carboxylic acid groups (broad SMARTS) is 1. The smallest absolute Gasteiger partial charge is 0.341 e. The van der Waals surface area contributed by atoms with Crippen molar-refractivity contribution in [1.82, 2.24) is 9.97 Å². The van der Waals surface area contributed by atoms with Crippen molar-refractivity contribution < 1.29 is 15.0 Å². The lowest BCUT2D eigenvalue weighted by Crippen LogP contribution is -2.62. The highest BCUT2D eigenvalue weighted by Gasteiger charge is 2.57. The predicted molar refractivity (Wildman–Crippen MR) is 80.0 cm³/mol. The van der Waals surface area contributed by atoms with Crippen molar-refractivity contribution in [3.8, 4) is 0 Å². The van der Waals surface area contributed by atoms with E-state index in [1.54, 1.807) is 0 Å². The summed E-state index contributed by atoms with van der Waals surface area (Å²) < 4.78 is 0. The summed E-state index contributed by atoms with van der Waals surface area (Å²) in [6.45, 7) is 0. The first-order valence-corrected chi connectivity index (χ1v) is 8.01. The molecule has 4 fully saturated rings. The van der Waals surface area contributed by atoms with Crippen molar-refractivity contribution in [2.24, 2.45) is 11.8 Å². The van der Waals surface area contributed by atoms with Crippen molar-refractivity contribution in [3.05, 3.63) is 17.0 Å². The van der Waals surface area contributed by atoms with E-state index >= 15 is 0 Å². The van der Waals surface area contributed by atoms with Crippen LogP contribution >= 0.6 is 11.6 Å². The van der Waals surface area contributed by atoms with Gasteiger partial charge in [-0.05, 0) is 62.0 Å². The molecule has 0 aromatic carbocycles. The zero-order chi connectivity index (χ0) is 15.5. The van der Waals surface area contributed by atoms with Crippen LogP contribution in [0.3, 0.4) is 0 Å². The minimum absolute atomic E-state index is 0.0205. The van der Waals surface area contributed by atoms with E-state index in [9.17, 15) is 15.0 Å². The highest BCUT2D eigenvalue weighted by molar-refractivity contribution is 6.28. The number of aromatic carboxylic acids is 1. The van der Waals surface area contributed by atoms with Crippen LogP contribution in [-0.2, 0) is 0 Å². The topological polar surface area (TPSA) is 95.3 Å². The summed E-state index contributed by atoms with van der Waals surface area (Å²) in [4.78, 5) is 19.2. The first-order chi connectivity index (χ1) is 10.4. The third-order valence-electron chi connectivity index (χ3n) is 5.40. The van der Waals surface area contributed by atoms with E-state index in [0.29, 0.717) is 18.3 Å². The molecule has 4 aliphatic carbocycles. The van der Waals surface area contributed by atoms with Crippen molar-refractivity contribution >= 4 is 23.4 Å². The van der Waals surface area contributed by atoms with Gasteiger partial charge in [0, 0.05) is 11.7 Å². The number of rotatable bonds is 3. The van der Waals surface area contributed by atoms with Gasteiger partial charge in [0.25, 0.3) is 0 Å². The number of anilines is 1. The van der Waals surface area contributed by atoms with Crippen molar-refractivity contribution in [2.75, 3.05) is 5.32 Å². The molecule has 4 bridgehead atoms. The van der Waals surface area contributed by atoms with E-state index in [1.807, 2.05) is 0 Å². The molecule has 4 saturated carbocycles. The highest BCUT2D eigenvalue weighted by Crippen LogP contribution is 2.58. The monoisotopic (exact) mass is 323 g/mol. The summed E-state index contributed by atoms with van der Waals surface area (Å²) >= 11 is 5.83. The largest absolute Gasteiger partial charge is 0.477 e. The Balaban J connectivity index is 1.69. The molecular formula is C15H18ClN3O3. The van der Waals surface area contributed by atoms with Gasteiger partial charge in [-0.2, -0.15) is 4.98 Å². The summed E-state index contributed by atoms with van der Waals surface area (Å²) in [5, 5.41) is 23.4. The maximum Gasteiger partial charge on any atom is 0.341 e. The molecule has 2 atom stereocenters. The standard InChI is InChI=1S/C15H18ClN3O3/c16-13-17-6-10(12(20)21)11(18-13)19-14-2-8-1-9(3-14)5-15(22,4-8)7-14/h6,8-9,22H,1-5,7H2,(H,20,21)(H,17,18,19). The zero-order valence-corrected chi connectivity index (χ0v) is 12.8. The summed E-state index contributed by atoms with van der Waals surface area (Å²) in [7, 11) is 0. The van der Waals surface area contributed by atoms with Crippen LogP contribution in [0.1, 0.15) is 48.9 Å². The van der Waals surface area contributed by atoms with E-state index in [4.69, 9.17) is 11.6 Å². The average molecular weight is 324 g/mol. The molecular weight excluding hydrogens is 306 g/mol. The number of nitrogens with one attached hydrogen (secondary N) is 1. The van der Waals surface area contributed by atoms with Crippen molar-refractivity contribution in [2.45, 2.75) is 49.7 Å². The normalized spacial score (nSPS) is 39.0. The highest BCUT2D eigenvalue weighted by atomic mass is 35.5. The second-order valence-corrected chi connectivity index (χ2v) is 7.64. The molecule has 0 aliphatic heterocycles. The Morgan fingerprint density at radius 1 is 1.32 bits per heavy atom. The van der Waals surface area contributed by atoms with E-state index in [0.717, 1.165) is 25.7 Å². The van der Waals surface area contributed by atoms with E-state index < -0.39 is 11.6 Å². The molecule has 4 aliphatic rings. The number of nitrogens with zero attached hydrogens (tertiary/aromatic N) is 2. The van der Waals surface area contributed by atoms with Gasteiger partial charge < -0.3 is 15.5 Å². The van der Waals surface area contributed by atoms with Crippen molar-refractivity contribution in [1.29, 1.82) is 0 Å². The summed E-state index contributed by atoms with van der Waals surface area (Å²) in [5.41, 5.74) is -0.870. The number of carboxylic acids is 1. The number of halogens is 1. The molecule has 3 N–H and O–H groups in total. The van der Waals surface area contributed by atoms with Crippen LogP contribution in [0.25, 0.3) is 0 Å². The number of aromatic nitrogens is 2. The fourth-order valence-electron chi connectivity index (χ4n) is 5.22. The number of carbonyl (C=O) groups is 1. The second kappa shape index (κ2) is 4.55. The maximum absolute atomic E-state index is 11.4. The SMILES string of the molecule is O=C(O)c1cnc(Cl)nc1NC12CC3CC(CC(O)(C3)C1)C2. The number of hydrogen-bond acceptors (Lipinski definition) is 5. The van der Waals surface area contributed by atoms with Gasteiger partial charge in [-0.25, -0.2) is 9.78 Å².